The number of hydrogen-bond donors (Lipinski definition) is 0. The molecule has 0 saturated heterocycles. The second-order valence-corrected chi connectivity index (χ2v) is 18.3. The van der Waals surface area contributed by atoms with Crippen LogP contribution in [-0.2, 0) is 0 Å². The number of hydrogen-bond acceptors (Lipinski definition) is 3. The highest BCUT2D eigenvalue weighted by atomic mass is 127. The van der Waals surface area contributed by atoms with Crippen molar-refractivity contribution in [1.82, 2.24) is 0 Å². The Labute approximate surface area is 87.9 Å². The monoisotopic (exact) mass is 337 g/mol. The van der Waals surface area contributed by atoms with Gasteiger partial charge in [-0.3, -0.25) is 0 Å². The summed E-state index contributed by atoms with van der Waals surface area (Å²) in [5, 5.41) is 0. The molecule has 1 heterocycles. The van der Waals surface area contributed by atoms with Crippen LogP contribution in [0.4, 0.5) is 0 Å². The summed E-state index contributed by atoms with van der Waals surface area (Å²) < 4.78 is 14.2. The van der Waals surface area contributed by atoms with Crippen LogP contribution >= 0.6 is 41.3 Å². The molecule has 0 saturated carbocycles. The SMILES string of the molecule is CP1(C)=NP(C)(C)=NP(C)(I)=N1. The zero-order valence-corrected chi connectivity index (χ0v) is 12.9. The van der Waals surface area contributed by atoms with Gasteiger partial charge in [-0.05, 0) is 55.4 Å². The van der Waals surface area contributed by atoms with E-state index in [1.807, 2.05) is 0 Å². The van der Waals surface area contributed by atoms with E-state index in [9.17, 15) is 0 Å². The lowest BCUT2D eigenvalue weighted by molar-refractivity contribution is 1.64. The minimum Gasteiger partial charge on any atom is -0.242 e. The molecule has 7 heteroatoms. The van der Waals surface area contributed by atoms with Gasteiger partial charge in [-0.15, -0.1) is 0 Å². The molecule has 12 heavy (non-hydrogen) atoms. The number of halogens is 1. The van der Waals surface area contributed by atoms with Gasteiger partial charge in [0.15, 0.2) is 0 Å². The molecular weight excluding hydrogens is 322 g/mol. The Bertz CT molecular complexity index is 279. The summed E-state index contributed by atoms with van der Waals surface area (Å²) >= 11 is 2.41. The summed E-state index contributed by atoms with van der Waals surface area (Å²) in [5.74, 6) is 0. The molecule has 0 amide bonds. The zero-order valence-electron chi connectivity index (χ0n) is 8.06. The van der Waals surface area contributed by atoms with Crippen LogP contribution in [0.3, 0.4) is 0 Å². The van der Waals surface area contributed by atoms with Crippen LogP contribution in [0, 0.1) is 0 Å². The van der Waals surface area contributed by atoms with E-state index in [-0.39, 0.29) is 0 Å². The molecule has 0 aromatic rings. The fourth-order valence-corrected chi connectivity index (χ4v) is 22.0. The highest BCUT2D eigenvalue weighted by Crippen LogP contribution is 2.76. The molecule has 0 aromatic carbocycles. The molecule has 0 radical (unpaired) electrons. The van der Waals surface area contributed by atoms with Crippen LogP contribution in [0.2, 0.25) is 0 Å². The summed E-state index contributed by atoms with van der Waals surface area (Å²) in [6.07, 6.45) is 0. The summed E-state index contributed by atoms with van der Waals surface area (Å²) in [4.78, 5) is -1.35. The highest BCUT2D eigenvalue weighted by Gasteiger charge is 2.21. The Morgan fingerprint density at radius 1 is 0.750 bits per heavy atom. The molecule has 72 valence electrons. The van der Waals surface area contributed by atoms with E-state index < -0.39 is 19.3 Å². The Hall–Kier alpha value is 1.42. The maximum Gasteiger partial charge on any atom is 0.134 e. The quantitative estimate of drug-likeness (QED) is 0.448. The van der Waals surface area contributed by atoms with Crippen LogP contribution in [0.5, 0.6) is 0 Å². The van der Waals surface area contributed by atoms with E-state index >= 15 is 0 Å². The van der Waals surface area contributed by atoms with Gasteiger partial charge in [0.05, 0.1) is 14.4 Å². The van der Waals surface area contributed by atoms with Crippen molar-refractivity contribution in [2.75, 3.05) is 33.3 Å². The molecule has 0 spiro atoms. The largest absolute Gasteiger partial charge is 0.242 e. The second-order valence-electron chi connectivity index (χ2n) is 3.75. The van der Waals surface area contributed by atoms with Crippen molar-refractivity contribution < 1.29 is 0 Å². The van der Waals surface area contributed by atoms with Gasteiger partial charge in [-0.1, -0.05) is 0 Å². The second kappa shape index (κ2) is 3.22. The fourth-order valence-electron chi connectivity index (χ4n) is 1.39. The molecule has 0 bridgehead atoms. The maximum absolute atomic E-state index is 4.75. The minimum absolute atomic E-state index is 1.33. The molecule has 1 unspecified atom stereocenters. The van der Waals surface area contributed by atoms with Crippen LogP contribution < -0.4 is 0 Å². The van der Waals surface area contributed by atoms with Gasteiger partial charge in [0.2, 0.25) is 0 Å². The molecule has 1 rings (SSSR count). The molecule has 0 fully saturated rings. The molecule has 0 N–H and O–H groups in total. The molecule has 0 aliphatic carbocycles. The van der Waals surface area contributed by atoms with Gasteiger partial charge in [0.1, 0.15) is 4.85 Å². The first-order valence-electron chi connectivity index (χ1n) is 3.61. The van der Waals surface area contributed by atoms with Crippen molar-refractivity contribution in [2.45, 2.75) is 0 Å². The molecule has 1 atom stereocenters. The van der Waals surface area contributed by atoms with E-state index in [2.05, 4.69) is 55.4 Å². The van der Waals surface area contributed by atoms with Gasteiger partial charge >= 0.3 is 0 Å². The fraction of sp³-hybridized carbons (Fsp3) is 1.00. The first kappa shape index (κ1) is 11.5. The van der Waals surface area contributed by atoms with Crippen molar-refractivity contribution in [2.24, 2.45) is 13.5 Å². The van der Waals surface area contributed by atoms with Crippen molar-refractivity contribution in [1.29, 1.82) is 0 Å². The van der Waals surface area contributed by atoms with Gasteiger partial charge < -0.3 is 0 Å². The van der Waals surface area contributed by atoms with Crippen molar-refractivity contribution in [3.8, 4) is 0 Å². The summed E-state index contributed by atoms with van der Waals surface area (Å²) in [7, 11) is -2.66. The molecule has 1 aliphatic rings. The van der Waals surface area contributed by atoms with E-state index in [0.717, 1.165) is 0 Å². The van der Waals surface area contributed by atoms with Crippen LogP contribution in [-0.4, -0.2) is 33.3 Å². The van der Waals surface area contributed by atoms with Gasteiger partial charge in [0, 0.05) is 0 Å². The smallest absolute Gasteiger partial charge is 0.134 e. The molecule has 3 nitrogen and oxygen atoms in total. The summed E-state index contributed by atoms with van der Waals surface area (Å²) in [6.45, 7) is 10.9. The molecule has 0 aromatic heterocycles. The first-order valence-corrected chi connectivity index (χ1v) is 13.7. The number of rotatable bonds is 0. The summed E-state index contributed by atoms with van der Waals surface area (Å²) in [6, 6.07) is 0. The highest BCUT2D eigenvalue weighted by molar-refractivity contribution is 14.2. The van der Waals surface area contributed by atoms with E-state index in [1.165, 1.54) is 0 Å². The van der Waals surface area contributed by atoms with Crippen LogP contribution in [0.25, 0.3) is 0 Å². The van der Waals surface area contributed by atoms with Gasteiger partial charge in [0.25, 0.3) is 0 Å². The normalized spacial score (nSPS) is 37.5. The number of nitrogens with zero attached hydrogens (tertiary/aromatic N) is 3. The third kappa shape index (κ3) is 3.29. The topological polar surface area (TPSA) is 37.1 Å². The average Bonchev–Trinajstić information content (AvgIpc) is 1.44. The standard InChI is InChI=1S/C5H15IN3P3/c1-10(2)7-11(3,4)9-12(5,6)8-10/h1-5H3. The van der Waals surface area contributed by atoms with Crippen molar-refractivity contribution in [3.05, 3.63) is 0 Å². The van der Waals surface area contributed by atoms with E-state index in [4.69, 9.17) is 13.5 Å². The average molecular weight is 337 g/mol. The van der Waals surface area contributed by atoms with Gasteiger partial charge in [-0.2, -0.15) is 0 Å². The predicted octanol–water partition coefficient (Wildman–Crippen LogP) is 4.85. The zero-order chi connectivity index (χ0) is 9.62. The van der Waals surface area contributed by atoms with Crippen molar-refractivity contribution in [3.63, 3.8) is 0 Å². The molecular formula is C5H15IN3P3. The first-order chi connectivity index (χ1) is 5.12. The molecule has 1 aliphatic heterocycles. The maximum atomic E-state index is 4.75. The lowest BCUT2D eigenvalue weighted by atomic mass is 11.9. The van der Waals surface area contributed by atoms with Gasteiger partial charge in [-0.25, -0.2) is 13.5 Å². The van der Waals surface area contributed by atoms with E-state index in [0.29, 0.717) is 0 Å². The Morgan fingerprint density at radius 3 is 1.50 bits per heavy atom. The third-order valence-corrected chi connectivity index (χ3v) is 14.3. The lowest BCUT2D eigenvalue weighted by Crippen LogP contribution is -1.79. The Kier molecular flexibility index (Phi) is 3.09. The Morgan fingerprint density at radius 2 is 1.17 bits per heavy atom. The van der Waals surface area contributed by atoms with E-state index in [1.54, 1.807) is 0 Å². The summed E-state index contributed by atoms with van der Waals surface area (Å²) in [5.41, 5.74) is 0. The lowest BCUT2D eigenvalue weighted by Gasteiger charge is -2.25. The van der Waals surface area contributed by atoms with Crippen LogP contribution in [0.15, 0.2) is 13.5 Å². The van der Waals surface area contributed by atoms with Crippen LogP contribution in [0.1, 0.15) is 0 Å². The van der Waals surface area contributed by atoms with Crippen molar-refractivity contribution >= 4 is 41.3 Å². The predicted molar refractivity (Wildman–Crippen MR) is 71.7 cm³/mol. The third-order valence-electron chi connectivity index (χ3n) is 1.20. The Balaban J connectivity index is 3.46. The minimum atomic E-state index is -1.35.